The third-order valence-electron chi connectivity index (χ3n) is 11.0. The maximum Gasteiger partial charge on any atom is 0.321 e. The highest BCUT2D eigenvalue weighted by atomic mass is 32.2. The number of halogens is 2. The molecular formula is C39H40F2N4O7S. The van der Waals surface area contributed by atoms with Gasteiger partial charge < -0.3 is 19.9 Å². The number of aromatic amines is 1. The molecule has 0 fully saturated rings. The molecule has 278 valence electrons. The van der Waals surface area contributed by atoms with Crippen LogP contribution in [0.3, 0.4) is 0 Å². The zero-order chi connectivity index (χ0) is 38.1. The maximum atomic E-state index is 15.7. The minimum Gasteiger partial charge on any atom is -0.480 e. The molecule has 2 aliphatic rings. The number of aromatic nitrogens is 4. The average molecular weight is 747 g/mol. The molecule has 1 aliphatic carbocycles. The second-order valence-electron chi connectivity index (χ2n) is 15.5. The van der Waals surface area contributed by atoms with Gasteiger partial charge in [-0.1, -0.05) is 38.5 Å². The fourth-order valence-corrected chi connectivity index (χ4v) is 10.0. The van der Waals surface area contributed by atoms with Gasteiger partial charge in [0.25, 0.3) is 0 Å². The smallest absolute Gasteiger partial charge is 0.321 e. The van der Waals surface area contributed by atoms with Gasteiger partial charge >= 0.3 is 11.9 Å². The van der Waals surface area contributed by atoms with Crippen molar-refractivity contribution in [3.05, 3.63) is 94.4 Å². The quantitative estimate of drug-likeness (QED) is 0.169. The molecule has 7 rings (SSSR count). The molecule has 2 aromatic heterocycles. The van der Waals surface area contributed by atoms with Crippen LogP contribution in [0.25, 0.3) is 22.3 Å². The normalized spacial score (nSPS) is 20.8. The number of benzene rings is 3. The SMILES string of the molecule is Cn1nc2nc1-c1cc(ccc1F)Oc1c(F)cc3[nH]ccc3c1CCS(=O)(=O)CC(C)(C)CCCC2(C)c1ccc2c(c1)CC(C(=O)O)(C(=O)O)C2. The molecule has 1 atom stereocenters. The lowest BCUT2D eigenvalue weighted by Crippen LogP contribution is -2.40. The number of nitrogens with zero attached hydrogens (tertiary/aromatic N) is 3. The van der Waals surface area contributed by atoms with E-state index < -0.39 is 49.7 Å². The summed E-state index contributed by atoms with van der Waals surface area (Å²) in [5, 5.41) is 25.2. The molecule has 1 aliphatic heterocycles. The number of carbonyl (C=O) groups is 2. The van der Waals surface area contributed by atoms with Crippen LogP contribution in [0.1, 0.15) is 68.1 Å². The van der Waals surface area contributed by atoms with Crippen LogP contribution in [0.2, 0.25) is 0 Å². The number of ether oxygens (including phenoxy) is 1. The van der Waals surface area contributed by atoms with Gasteiger partial charge in [0.15, 0.2) is 38.5 Å². The number of carboxylic acid groups (broad SMARTS) is 2. The van der Waals surface area contributed by atoms with E-state index in [1.54, 1.807) is 25.4 Å². The fraction of sp³-hybridized carbons (Fsp3) is 0.385. The molecule has 0 saturated carbocycles. The molecule has 3 heterocycles. The van der Waals surface area contributed by atoms with Gasteiger partial charge in [-0.15, -0.1) is 0 Å². The second-order valence-corrected chi connectivity index (χ2v) is 17.6. The first kappa shape index (κ1) is 36.3. The van der Waals surface area contributed by atoms with Crippen LogP contribution < -0.4 is 4.74 Å². The average Bonchev–Trinajstić information content (AvgIpc) is 3.81. The summed E-state index contributed by atoms with van der Waals surface area (Å²) in [5.74, 6) is -4.03. The third kappa shape index (κ3) is 6.47. The summed E-state index contributed by atoms with van der Waals surface area (Å²) in [5.41, 5.74) is -0.739. The number of fused-ring (bicyclic) bond motifs is 9. The largest absolute Gasteiger partial charge is 0.480 e. The highest BCUT2D eigenvalue weighted by molar-refractivity contribution is 7.91. The Kier molecular flexibility index (Phi) is 8.74. The number of hydrogen-bond acceptors (Lipinski definition) is 7. The lowest BCUT2D eigenvalue weighted by atomic mass is 9.75. The lowest BCUT2D eigenvalue weighted by Gasteiger charge is -2.31. The van der Waals surface area contributed by atoms with E-state index in [0.29, 0.717) is 58.2 Å². The Labute approximate surface area is 304 Å². The minimum atomic E-state index is -3.65. The third-order valence-corrected chi connectivity index (χ3v) is 13.0. The molecule has 5 aromatic rings. The topological polar surface area (TPSA) is 164 Å². The predicted molar refractivity (Wildman–Crippen MR) is 193 cm³/mol. The van der Waals surface area contributed by atoms with Crippen molar-refractivity contribution in [3.63, 3.8) is 0 Å². The van der Waals surface area contributed by atoms with Crippen molar-refractivity contribution < 1.29 is 41.7 Å². The van der Waals surface area contributed by atoms with Gasteiger partial charge in [0.2, 0.25) is 0 Å². The number of aliphatic carboxylic acids is 2. The maximum absolute atomic E-state index is 15.7. The van der Waals surface area contributed by atoms with Gasteiger partial charge in [0, 0.05) is 35.8 Å². The zero-order valence-electron chi connectivity index (χ0n) is 29.8. The summed E-state index contributed by atoms with van der Waals surface area (Å²) in [6, 6.07) is 12.3. The number of hydrogen-bond donors (Lipinski definition) is 3. The van der Waals surface area contributed by atoms with Gasteiger partial charge in [-0.2, -0.15) is 5.10 Å². The van der Waals surface area contributed by atoms with Gasteiger partial charge in [-0.25, -0.2) is 26.9 Å². The Bertz CT molecular complexity index is 2410. The first-order chi connectivity index (χ1) is 24.9. The summed E-state index contributed by atoms with van der Waals surface area (Å²) < 4.78 is 66.3. The van der Waals surface area contributed by atoms with E-state index >= 15 is 8.78 Å². The lowest BCUT2D eigenvalue weighted by molar-refractivity contribution is -0.163. The van der Waals surface area contributed by atoms with Crippen molar-refractivity contribution in [3.8, 4) is 22.9 Å². The van der Waals surface area contributed by atoms with Crippen molar-refractivity contribution in [2.24, 2.45) is 17.9 Å². The minimum absolute atomic E-state index is 0.0119. The van der Waals surface area contributed by atoms with Crippen molar-refractivity contribution >= 4 is 32.7 Å². The number of H-pyrrole nitrogens is 1. The molecule has 0 radical (unpaired) electrons. The van der Waals surface area contributed by atoms with Crippen LogP contribution in [0.15, 0.2) is 54.7 Å². The van der Waals surface area contributed by atoms with Gasteiger partial charge in [-0.05, 0) is 85.4 Å². The summed E-state index contributed by atoms with van der Waals surface area (Å²) in [7, 11) is -2.02. The van der Waals surface area contributed by atoms with E-state index in [0.717, 1.165) is 0 Å². The molecular weight excluding hydrogens is 707 g/mol. The number of aryl methyl sites for hydroxylation is 2. The van der Waals surface area contributed by atoms with Crippen LogP contribution >= 0.6 is 0 Å². The fourth-order valence-electron chi connectivity index (χ4n) is 8.01. The van der Waals surface area contributed by atoms with Crippen LogP contribution in [-0.4, -0.2) is 61.8 Å². The Morgan fingerprint density at radius 3 is 2.42 bits per heavy atom. The van der Waals surface area contributed by atoms with E-state index in [4.69, 9.17) is 14.8 Å². The Morgan fingerprint density at radius 2 is 1.68 bits per heavy atom. The van der Waals surface area contributed by atoms with E-state index in [1.807, 2.05) is 32.9 Å². The van der Waals surface area contributed by atoms with Gasteiger partial charge in [-0.3, -0.25) is 9.59 Å². The molecule has 3 aromatic carbocycles. The summed E-state index contributed by atoms with van der Waals surface area (Å²) in [6.45, 7) is 5.70. The number of sulfone groups is 1. The van der Waals surface area contributed by atoms with Gasteiger partial charge in [0.1, 0.15) is 11.6 Å². The van der Waals surface area contributed by atoms with E-state index in [9.17, 15) is 28.2 Å². The number of carboxylic acids is 2. The van der Waals surface area contributed by atoms with Crippen molar-refractivity contribution in [1.82, 2.24) is 19.7 Å². The van der Waals surface area contributed by atoms with Crippen LogP contribution in [0.5, 0.6) is 11.5 Å². The highest BCUT2D eigenvalue weighted by Gasteiger charge is 2.51. The Hall–Kier alpha value is -5.11. The molecule has 1 unspecified atom stereocenters. The van der Waals surface area contributed by atoms with E-state index in [-0.39, 0.29) is 53.7 Å². The molecule has 4 bridgehead atoms. The van der Waals surface area contributed by atoms with Crippen molar-refractivity contribution in [2.45, 2.75) is 64.7 Å². The molecule has 0 saturated heterocycles. The van der Waals surface area contributed by atoms with E-state index in [1.165, 1.54) is 28.9 Å². The first-order valence-corrected chi connectivity index (χ1v) is 19.2. The standard InChI is InChI=1S/C39H40F2N4O7S/c1-37(2)12-5-13-38(3,24-7-6-22-19-39(35(46)47,36(48)49)20-23(22)16-24)34-43-33(45(4)44-34)28-17-25(8-9-29(28)40)52-32-27(11-15-53(50,51)21-37)26-10-14-42-31(26)18-30(32)41/h6-10,14,16-18,42H,5,11-13,15,19-21H2,1-4H3,(H,46,47)(H,48,49). The predicted octanol–water partition coefficient (Wildman–Crippen LogP) is 6.76. The zero-order valence-corrected chi connectivity index (χ0v) is 30.6. The monoisotopic (exact) mass is 746 g/mol. The second kappa shape index (κ2) is 12.8. The van der Waals surface area contributed by atoms with Gasteiger partial charge in [0.05, 0.1) is 22.5 Å². The molecule has 11 nitrogen and oxygen atoms in total. The summed E-state index contributed by atoms with van der Waals surface area (Å²) in [6.07, 6.45) is 2.76. The Balaban J connectivity index is 1.36. The molecule has 0 amide bonds. The van der Waals surface area contributed by atoms with Crippen LogP contribution in [0, 0.1) is 22.5 Å². The van der Waals surface area contributed by atoms with Crippen molar-refractivity contribution in [1.29, 1.82) is 0 Å². The first-order valence-electron chi connectivity index (χ1n) is 17.4. The summed E-state index contributed by atoms with van der Waals surface area (Å²) in [4.78, 5) is 32.2. The van der Waals surface area contributed by atoms with Crippen LogP contribution in [0.4, 0.5) is 8.78 Å². The number of nitrogens with one attached hydrogen (secondary N) is 1. The molecule has 3 N–H and O–H groups in total. The molecule has 14 heteroatoms. The molecule has 53 heavy (non-hydrogen) atoms. The summed E-state index contributed by atoms with van der Waals surface area (Å²) >= 11 is 0. The van der Waals surface area contributed by atoms with Crippen molar-refractivity contribution in [2.75, 3.05) is 11.5 Å². The number of rotatable bonds is 3. The molecule has 0 spiro atoms. The highest BCUT2D eigenvalue weighted by Crippen LogP contribution is 2.44. The van der Waals surface area contributed by atoms with Crippen LogP contribution in [-0.2, 0) is 51.2 Å². The Morgan fingerprint density at radius 1 is 0.943 bits per heavy atom. The van der Waals surface area contributed by atoms with E-state index in [2.05, 4.69) is 4.98 Å².